The molecule has 3 unspecified atom stereocenters. The van der Waals surface area contributed by atoms with Gasteiger partial charge in [-0.1, -0.05) is 196 Å². The van der Waals surface area contributed by atoms with Crippen LogP contribution in [0.4, 0.5) is 0 Å². The second-order valence-corrected chi connectivity index (χ2v) is 15.2. The van der Waals surface area contributed by atoms with Crippen molar-refractivity contribution in [3.63, 3.8) is 0 Å². The van der Waals surface area contributed by atoms with Crippen LogP contribution in [0.3, 0.4) is 0 Å². The van der Waals surface area contributed by atoms with Gasteiger partial charge in [-0.2, -0.15) is 0 Å². The normalized spacial score (nSPS) is 14.1. The van der Waals surface area contributed by atoms with E-state index in [1.807, 2.05) is 48.6 Å². The fraction of sp³-hybridized carbons (Fsp3) is 0.714. The molecule has 3 N–H and O–H groups in total. The molecule has 1 amide bonds. The largest absolute Gasteiger partial charge is 0.462 e. The Hall–Kier alpha value is -2.70. The predicted molar refractivity (Wildman–Crippen MR) is 236 cm³/mol. The third-order valence-corrected chi connectivity index (χ3v) is 9.90. The number of ether oxygens (including phenoxy) is 1. The Morgan fingerprint density at radius 1 is 0.545 bits per heavy atom. The van der Waals surface area contributed by atoms with Crippen LogP contribution in [0.15, 0.2) is 72.9 Å². The van der Waals surface area contributed by atoms with E-state index in [1.165, 1.54) is 83.5 Å². The van der Waals surface area contributed by atoms with Crippen LogP contribution in [0.2, 0.25) is 0 Å². The first-order chi connectivity index (χ1) is 27.0. The van der Waals surface area contributed by atoms with Gasteiger partial charge in [0, 0.05) is 6.42 Å². The zero-order valence-corrected chi connectivity index (χ0v) is 35.8. The first-order valence-corrected chi connectivity index (χ1v) is 22.7. The number of aliphatic hydroxyl groups excluding tert-OH is 2. The molecule has 6 heteroatoms. The van der Waals surface area contributed by atoms with Crippen molar-refractivity contribution < 1.29 is 24.5 Å². The number of aliphatic hydroxyl groups is 2. The maximum Gasteiger partial charge on any atom is 0.306 e. The van der Waals surface area contributed by atoms with Crippen molar-refractivity contribution in [3.05, 3.63) is 72.9 Å². The molecule has 316 valence electrons. The summed E-state index contributed by atoms with van der Waals surface area (Å²) in [4.78, 5) is 25.9. The average Bonchev–Trinajstić information content (AvgIpc) is 3.18. The Kier molecular flexibility index (Phi) is 40.4. The van der Waals surface area contributed by atoms with E-state index in [4.69, 9.17) is 4.74 Å². The van der Waals surface area contributed by atoms with Gasteiger partial charge < -0.3 is 20.3 Å². The highest BCUT2D eigenvalue weighted by atomic mass is 16.5. The molecule has 0 bridgehead atoms. The summed E-state index contributed by atoms with van der Waals surface area (Å²) in [6, 6.07) is -0.727. The molecule has 0 aliphatic heterocycles. The van der Waals surface area contributed by atoms with E-state index in [-0.39, 0.29) is 24.9 Å². The molecular formula is C49H85NO5. The number of nitrogens with one attached hydrogen (secondary N) is 1. The monoisotopic (exact) mass is 768 g/mol. The van der Waals surface area contributed by atoms with Crippen LogP contribution in [0.1, 0.15) is 201 Å². The highest BCUT2D eigenvalue weighted by Gasteiger charge is 2.24. The molecule has 0 rings (SSSR count). The topological polar surface area (TPSA) is 95.9 Å². The molecular weight excluding hydrogens is 683 g/mol. The van der Waals surface area contributed by atoms with Crippen LogP contribution < -0.4 is 5.32 Å². The summed E-state index contributed by atoms with van der Waals surface area (Å²) < 4.78 is 5.85. The van der Waals surface area contributed by atoms with Crippen LogP contribution in [0.5, 0.6) is 0 Å². The molecule has 0 aromatic carbocycles. The van der Waals surface area contributed by atoms with Crippen LogP contribution >= 0.6 is 0 Å². The van der Waals surface area contributed by atoms with Crippen LogP contribution in [0, 0.1) is 0 Å². The van der Waals surface area contributed by atoms with Gasteiger partial charge in [0.05, 0.1) is 25.2 Å². The zero-order valence-electron chi connectivity index (χ0n) is 35.8. The van der Waals surface area contributed by atoms with E-state index in [0.717, 1.165) is 70.6 Å². The summed E-state index contributed by atoms with van der Waals surface area (Å²) in [5.41, 5.74) is 0. The van der Waals surface area contributed by atoms with Crippen molar-refractivity contribution in [2.45, 2.75) is 219 Å². The minimum Gasteiger partial charge on any atom is -0.462 e. The predicted octanol–water partition coefficient (Wildman–Crippen LogP) is 13.1. The van der Waals surface area contributed by atoms with Crippen molar-refractivity contribution in [3.8, 4) is 0 Å². The number of allylic oxidation sites excluding steroid dienone is 12. The molecule has 0 saturated heterocycles. The third-order valence-electron chi connectivity index (χ3n) is 9.90. The van der Waals surface area contributed by atoms with Crippen molar-refractivity contribution in [1.29, 1.82) is 0 Å². The smallest absolute Gasteiger partial charge is 0.306 e. The van der Waals surface area contributed by atoms with Gasteiger partial charge in [-0.25, -0.2) is 0 Å². The number of amides is 1. The fourth-order valence-corrected chi connectivity index (χ4v) is 6.45. The Labute approximate surface area is 339 Å². The van der Waals surface area contributed by atoms with Crippen molar-refractivity contribution in [2.75, 3.05) is 6.61 Å². The van der Waals surface area contributed by atoms with E-state index >= 15 is 0 Å². The molecule has 0 radical (unpaired) electrons. The van der Waals surface area contributed by atoms with Gasteiger partial charge in [-0.3, -0.25) is 9.59 Å². The molecule has 0 spiro atoms. The third kappa shape index (κ3) is 38.0. The second-order valence-electron chi connectivity index (χ2n) is 15.2. The Bertz CT molecular complexity index is 1040. The molecule has 6 nitrogen and oxygen atoms in total. The Balaban J connectivity index is 4.76. The lowest BCUT2D eigenvalue weighted by Gasteiger charge is -2.24. The molecule has 0 aromatic rings. The Morgan fingerprint density at radius 2 is 1.02 bits per heavy atom. The highest BCUT2D eigenvalue weighted by Crippen LogP contribution is 2.16. The molecule has 0 heterocycles. The molecule has 0 aliphatic rings. The molecule has 55 heavy (non-hydrogen) atoms. The number of rotatable bonds is 39. The maximum atomic E-state index is 13.1. The summed E-state index contributed by atoms with van der Waals surface area (Å²) in [5, 5.41) is 23.5. The SMILES string of the molecule is CC/C=C/C=C/C=C\C=C/C=C/CCCC(CC(=O)NC(CO)C(O)CCCCCCCCCCC)OC(=O)CCCCC/C=C\CCCCCCCCC. The standard InChI is InChI=1S/C49H85NO5/c1-4-7-10-13-16-19-21-23-25-27-30-33-36-39-42-49(54)55-45(40-37-34-31-29-26-24-22-20-17-14-11-8-5-2)43-48(53)50-46(44-51)47(52)41-38-35-32-28-18-15-12-9-6-3/h8,11,14,17,20,22,24-27,29,31,45-47,51-52H,4-7,9-10,12-13,15-16,18-19,21,23,28,30,32-44H2,1-3H3,(H,50,53)/b11-8+,17-14+,22-20-,26-24-,27-25-,31-29+. The summed E-state index contributed by atoms with van der Waals surface area (Å²) in [5.74, 6) is -0.573. The summed E-state index contributed by atoms with van der Waals surface area (Å²) in [6.45, 7) is 6.27. The maximum absolute atomic E-state index is 13.1. The summed E-state index contributed by atoms with van der Waals surface area (Å²) in [7, 11) is 0. The first-order valence-electron chi connectivity index (χ1n) is 22.7. The molecule has 0 aromatic heterocycles. The van der Waals surface area contributed by atoms with Gasteiger partial charge in [0.15, 0.2) is 0 Å². The van der Waals surface area contributed by atoms with Crippen molar-refractivity contribution in [2.24, 2.45) is 0 Å². The van der Waals surface area contributed by atoms with Gasteiger partial charge in [0.1, 0.15) is 6.10 Å². The highest BCUT2D eigenvalue weighted by molar-refractivity contribution is 5.77. The van der Waals surface area contributed by atoms with Gasteiger partial charge >= 0.3 is 5.97 Å². The van der Waals surface area contributed by atoms with Crippen LogP contribution in [0.25, 0.3) is 0 Å². The van der Waals surface area contributed by atoms with E-state index < -0.39 is 18.2 Å². The minimum absolute atomic E-state index is 0.0197. The zero-order chi connectivity index (χ0) is 40.3. The summed E-state index contributed by atoms with van der Waals surface area (Å²) >= 11 is 0. The Morgan fingerprint density at radius 3 is 1.56 bits per heavy atom. The van der Waals surface area contributed by atoms with E-state index in [2.05, 4.69) is 50.4 Å². The first kappa shape index (κ1) is 52.3. The molecule has 0 aliphatic carbocycles. The number of hydrogen-bond donors (Lipinski definition) is 3. The number of hydrogen-bond acceptors (Lipinski definition) is 5. The average molecular weight is 768 g/mol. The second kappa shape index (κ2) is 42.4. The lowest BCUT2D eigenvalue weighted by atomic mass is 10.0. The van der Waals surface area contributed by atoms with E-state index in [1.54, 1.807) is 0 Å². The number of esters is 1. The molecule has 0 fully saturated rings. The van der Waals surface area contributed by atoms with Gasteiger partial charge in [0.2, 0.25) is 5.91 Å². The number of carbonyl (C=O) groups excluding carboxylic acids is 2. The van der Waals surface area contributed by atoms with Crippen LogP contribution in [-0.4, -0.2) is 46.9 Å². The van der Waals surface area contributed by atoms with Crippen molar-refractivity contribution >= 4 is 11.9 Å². The summed E-state index contributed by atoms with van der Waals surface area (Å²) in [6.07, 6.45) is 52.5. The van der Waals surface area contributed by atoms with Crippen LogP contribution in [-0.2, 0) is 14.3 Å². The van der Waals surface area contributed by atoms with Crippen molar-refractivity contribution in [1.82, 2.24) is 5.32 Å². The van der Waals surface area contributed by atoms with Gasteiger partial charge in [-0.05, 0) is 64.2 Å². The minimum atomic E-state index is -0.809. The lowest BCUT2D eigenvalue weighted by molar-refractivity contribution is -0.151. The van der Waals surface area contributed by atoms with Gasteiger partial charge in [-0.15, -0.1) is 0 Å². The quantitative estimate of drug-likeness (QED) is 0.0250. The van der Waals surface area contributed by atoms with E-state index in [9.17, 15) is 19.8 Å². The molecule has 3 atom stereocenters. The number of unbranched alkanes of at least 4 members (excludes halogenated alkanes) is 19. The van der Waals surface area contributed by atoms with E-state index in [0.29, 0.717) is 19.3 Å². The number of carbonyl (C=O) groups is 2. The molecule has 0 saturated carbocycles. The fourth-order valence-electron chi connectivity index (χ4n) is 6.45. The lowest BCUT2D eigenvalue weighted by Crippen LogP contribution is -2.46. The van der Waals surface area contributed by atoms with Gasteiger partial charge in [0.25, 0.3) is 0 Å².